The molecular weight excluding hydrogens is 418 g/mol. The van der Waals surface area contributed by atoms with E-state index in [1.54, 1.807) is 0 Å². The third kappa shape index (κ3) is 5.80. The van der Waals surface area contributed by atoms with Gasteiger partial charge < -0.3 is 9.57 Å². The Bertz CT molecular complexity index is 870. The molecule has 0 heterocycles. The number of methoxy groups -OCH3 is 1. The van der Waals surface area contributed by atoms with Crippen molar-refractivity contribution in [3.63, 3.8) is 0 Å². The second-order valence-corrected chi connectivity index (χ2v) is 7.37. The Hall–Kier alpha value is -2.40. The number of aryl methyl sites for hydroxylation is 1. The van der Waals surface area contributed by atoms with Crippen LogP contribution >= 0.6 is 15.9 Å². The molecule has 0 atom stereocenters. The second-order valence-electron chi connectivity index (χ2n) is 6.46. The van der Waals surface area contributed by atoms with Gasteiger partial charge in [0.1, 0.15) is 6.61 Å². The lowest BCUT2D eigenvalue weighted by Crippen LogP contribution is -2.08. The number of rotatable bonds is 8. The lowest BCUT2D eigenvalue weighted by molar-refractivity contribution is -0.133. The topological polar surface area (TPSA) is 47.9 Å². The van der Waals surface area contributed by atoms with Gasteiger partial charge in [0.25, 0.3) is 0 Å². The number of esters is 1. The van der Waals surface area contributed by atoms with E-state index in [1.165, 1.54) is 7.11 Å². The minimum Gasteiger partial charge on any atom is -0.465 e. The largest absolute Gasteiger partial charge is 0.465 e. The average Bonchev–Trinajstić information content (AvgIpc) is 2.70. The van der Waals surface area contributed by atoms with Crippen molar-refractivity contribution in [2.24, 2.45) is 5.16 Å². The highest BCUT2D eigenvalue weighted by molar-refractivity contribution is 9.10. The molecule has 148 valence electrons. The van der Waals surface area contributed by atoms with Crippen molar-refractivity contribution >= 4 is 33.2 Å². The summed E-state index contributed by atoms with van der Waals surface area (Å²) in [7, 11) is 1.40. The summed E-state index contributed by atoms with van der Waals surface area (Å²) in [6.07, 6.45) is 3.69. The van der Waals surface area contributed by atoms with Gasteiger partial charge in [-0.2, -0.15) is 0 Å². The molecule has 0 aliphatic heterocycles. The third-order valence-corrected chi connectivity index (χ3v) is 4.94. The molecule has 0 bridgehead atoms. The van der Waals surface area contributed by atoms with Gasteiger partial charge >= 0.3 is 5.97 Å². The first kappa shape index (κ1) is 21.9. The Kier molecular flexibility index (Phi) is 8.45. The van der Waals surface area contributed by atoms with Crippen LogP contribution in [0.25, 0.3) is 5.57 Å². The maximum Gasteiger partial charge on any atom is 0.338 e. The number of halogens is 1. The summed E-state index contributed by atoms with van der Waals surface area (Å²) in [5, 5.41) is 4.25. The summed E-state index contributed by atoms with van der Waals surface area (Å²) in [6.45, 7) is 6.26. The Morgan fingerprint density at radius 3 is 2.54 bits per heavy atom. The van der Waals surface area contributed by atoms with Crippen molar-refractivity contribution in [1.82, 2.24) is 0 Å². The van der Waals surface area contributed by atoms with E-state index < -0.39 is 0 Å². The predicted octanol–water partition coefficient (Wildman–Crippen LogP) is 6.05. The van der Waals surface area contributed by atoms with Crippen molar-refractivity contribution in [2.45, 2.75) is 40.2 Å². The first-order chi connectivity index (χ1) is 13.5. The van der Waals surface area contributed by atoms with Crippen LogP contribution in [-0.2, 0) is 21.0 Å². The zero-order valence-corrected chi connectivity index (χ0v) is 18.4. The fraction of sp³-hybridized carbons (Fsp3) is 0.304. The van der Waals surface area contributed by atoms with Gasteiger partial charge in [-0.3, -0.25) is 0 Å². The molecule has 0 aliphatic carbocycles. The highest BCUT2D eigenvalue weighted by atomic mass is 79.9. The minimum absolute atomic E-state index is 0.274. The zero-order chi connectivity index (χ0) is 20.5. The van der Waals surface area contributed by atoms with Crippen molar-refractivity contribution < 1.29 is 14.4 Å². The quantitative estimate of drug-likeness (QED) is 0.215. The second kappa shape index (κ2) is 10.8. The average molecular weight is 444 g/mol. The first-order valence-corrected chi connectivity index (χ1v) is 10.1. The van der Waals surface area contributed by atoms with Gasteiger partial charge in [0.15, 0.2) is 0 Å². The van der Waals surface area contributed by atoms with Gasteiger partial charge in [-0.1, -0.05) is 70.8 Å². The summed E-state index contributed by atoms with van der Waals surface area (Å²) in [5.74, 6) is -0.338. The molecule has 0 aliphatic rings. The van der Waals surface area contributed by atoms with E-state index in [9.17, 15) is 4.79 Å². The fourth-order valence-electron chi connectivity index (χ4n) is 2.79. The number of unbranched alkanes of at least 4 members (excludes halogenated alkanes) is 1. The summed E-state index contributed by atoms with van der Waals surface area (Å²) >= 11 is 3.43. The summed E-state index contributed by atoms with van der Waals surface area (Å²) < 4.78 is 6.01. The van der Waals surface area contributed by atoms with Gasteiger partial charge in [-0.15, -0.1) is 0 Å². The van der Waals surface area contributed by atoms with Crippen molar-refractivity contribution in [3.8, 4) is 0 Å². The Morgan fingerprint density at radius 2 is 1.89 bits per heavy atom. The standard InChI is InChI=1S/C23H26BrNO3/c1-5-6-9-21(23(26)27-4)20-10-7-8-16(2)22(20)15-28-25-17(3)18-11-13-19(24)14-12-18/h7-14H,5-6,15H2,1-4H3/b21-9-,25-17+. The molecule has 0 amide bonds. The lowest BCUT2D eigenvalue weighted by atomic mass is 9.95. The summed E-state index contributed by atoms with van der Waals surface area (Å²) in [6, 6.07) is 13.8. The molecule has 0 fully saturated rings. The molecule has 0 unspecified atom stereocenters. The van der Waals surface area contributed by atoms with Crippen LogP contribution in [0.5, 0.6) is 0 Å². The summed E-state index contributed by atoms with van der Waals surface area (Å²) in [4.78, 5) is 18.0. The maximum atomic E-state index is 12.3. The molecule has 0 saturated carbocycles. The van der Waals surface area contributed by atoms with Gasteiger partial charge in [0, 0.05) is 10.0 Å². The smallest absolute Gasteiger partial charge is 0.338 e. The van der Waals surface area contributed by atoms with E-state index in [0.717, 1.165) is 45.3 Å². The van der Waals surface area contributed by atoms with Crippen LogP contribution in [0, 0.1) is 6.92 Å². The van der Waals surface area contributed by atoms with Crippen LogP contribution < -0.4 is 0 Å². The van der Waals surface area contributed by atoms with E-state index in [1.807, 2.05) is 62.4 Å². The molecule has 0 radical (unpaired) electrons. The molecule has 28 heavy (non-hydrogen) atoms. The molecule has 0 aromatic heterocycles. The highest BCUT2D eigenvalue weighted by Crippen LogP contribution is 2.25. The number of ether oxygens (including phenoxy) is 1. The van der Waals surface area contributed by atoms with Crippen LogP contribution in [0.15, 0.2) is 58.2 Å². The molecule has 5 heteroatoms. The predicted molar refractivity (Wildman–Crippen MR) is 117 cm³/mol. The maximum absolute atomic E-state index is 12.3. The van der Waals surface area contributed by atoms with Crippen molar-refractivity contribution in [1.29, 1.82) is 0 Å². The van der Waals surface area contributed by atoms with Crippen LogP contribution in [0.1, 0.15) is 48.9 Å². The number of nitrogens with zero attached hydrogens (tertiary/aromatic N) is 1. The number of oxime groups is 1. The van der Waals surface area contributed by atoms with Crippen LogP contribution in [0.4, 0.5) is 0 Å². The molecule has 4 nitrogen and oxygen atoms in total. The number of benzene rings is 2. The Balaban J connectivity index is 2.27. The molecule has 0 N–H and O–H groups in total. The summed E-state index contributed by atoms with van der Waals surface area (Å²) in [5.41, 5.74) is 5.16. The van der Waals surface area contributed by atoms with Gasteiger partial charge in [-0.25, -0.2) is 4.79 Å². The number of hydrogen-bond acceptors (Lipinski definition) is 4. The monoisotopic (exact) mass is 443 g/mol. The SMILES string of the molecule is CCC/C=C(\C(=O)OC)c1cccc(C)c1CO/N=C(\C)c1ccc(Br)cc1. The molecule has 2 aromatic rings. The Labute approximate surface area is 175 Å². The zero-order valence-electron chi connectivity index (χ0n) is 16.8. The molecule has 0 saturated heterocycles. The molecule has 2 rings (SSSR count). The third-order valence-electron chi connectivity index (χ3n) is 4.42. The minimum atomic E-state index is -0.338. The molecular formula is C23H26BrNO3. The van der Waals surface area contributed by atoms with Gasteiger partial charge in [-0.05, 0) is 49.1 Å². The van der Waals surface area contributed by atoms with Crippen LogP contribution in [0.3, 0.4) is 0 Å². The number of carbonyl (C=O) groups is 1. The Morgan fingerprint density at radius 1 is 1.18 bits per heavy atom. The van der Waals surface area contributed by atoms with Gasteiger partial charge in [0.05, 0.1) is 18.4 Å². The number of allylic oxidation sites excluding steroid dienone is 1. The van der Waals surface area contributed by atoms with Crippen molar-refractivity contribution in [3.05, 3.63) is 75.3 Å². The fourth-order valence-corrected chi connectivity index (χ4v) is 3.05. The number of carbonyl (C=O) groups excluding carboxylic acids is 1. The van der Waals surface area contributed by atoms with E-state index in [-0.39, 0.29) is 12.6 Å². The van der Waals surface area contributed by atoms with E-state index in [4.69, 9.17) is 9.57 Å². The molecule has 2 aromatic carbocycles. The first-order valence-electron chi connectivity index (χ1n) is 9.27. The highest BCUT2D eigenvalue weighted by Gasteiger charge is 2.17. The molecule has 0 spiro atoms. The van der Waals surface area contributed by atoms with Crippen LogP contribution in [0.2, 0.25) is 0 Å². The van der Waals surface area contributed by atoms with E-state index in [2.05, 4.69) is 28.0 Å². The van der Waals surface area contributed by atoms with E-state index >= 15 is 0 Å². The van der Waals surface area contributed by atoms with Crippen molar-refractivity contribution in [2.75, 3.05) is 7.11 Å². The lowest BCUT2D eigenvalue weighted by Gasteiger charge is -2.14. The van der Waals surface area contributed by atoms with Crippen LogP contribution in [-0.4, -0.2) is 18.8 Å². The van der Waals surface area contributed by atoms with E-state index in [0.29, 0.717) is 5.57 Å². The number of hydrogen-bond donors (Lipinski definition) is 0. The van der Waals surface area contributed by atoms with Gasteiger partial charge in [0.2, 0.25) is 0 Å². The normalized spacial score (nSPS) is 12.0.